The molecule has 0 fully saturated rings. The Morgan fingerprint density at radius 2 is 2.00 bits per heavy atom. The average molecular weight is 228 g/mol. The smallest absolute Gasteiger partial charge is 0.268 e. The number of carbonyl (C=O) groups is 1. The first-order valence-electron chi connectivity index (χ1n) is 5.11. The zero-order valence-electron chi connectivity index (χ0n) is 9.34. The van der Waals surface area contributed by atoms with Gasteiger partial charge in [0.05, 0.1) is 5.56 Å². The number of nitrogens with two attached hydrogens (primary N) is 1. The summed E-state index contributed by atoms with van der Waals surface area (Å²) in [5.41, 5.74) is 4.42. The molecule has 2 aromatic rings. The Labute approximate surface area is 98.7 Å². The van der Waals surface area contributed by atoms with E-state index in [9.17, 15) is 4.79 Å². The Hall–Kier alpha value is -2.27. The van der Waals surface area contributed by atoms with Crippen molar-refractivity contribution in [2.75, 3.05) is 0 Å². The monoisotopic (exact) mass is 228 g/mol. The Bertz CT molecular complexity index is 536. The second-order valence-corrected chi connectivity index (χ2v) is 3.64. The largest absolute Gasteiger partial charge is 0.290 e. The fourth-order valence-corrected chi connectivity index (χ4v) is 1.46. The van der Waals surface area contributed by atoms with Crippen molar-refractivity contribution in [3.8, 4) is 11.4 Å². The molecular formula is C12H12N4O. The molecule has 2 rings (SSSR count). The van der Waals surface area contributed by atoms with Crippen LogP contribution in [-0.2, 0) is 0 Å². The lowest BCUT2D eigenvalue weighted by atomic mass is 10.1. The number of hydrazine groups is 1. The first-order valence-corrected chi connectivity index (χ1v) is 5.11. The fourth-order valence-electron chi connectivity index (χ4n) is 1.46. The zero-order valence-corrected chi connectivity index (χ0v) is 9.34. The van der Waals surface area contributed by atoms with Gasteiger partial charge in [0.15, 0.2) is 5.82 Å². The third-order valence-electron chi connectivity index (χ3n) is 2.32. The number of aryl methyl sites for hydroxylation is 1. The van der Waals surface area contributed by atoms with Crippen LogP contribution in [0, 0.1) is 6.92 Å². The lowest BCUT2D eigenvalue weighted by Gasteiger charge is -2.02. The molecule has 1 aromatic heterocycles. The van der Waals surface area contributed by atoms with Crippen molar-refractivity contribution in [1.82, 2.24) is 15.4 Å². The minimum atomic E-state index is -0.402. The average Bonchev–Trinajstić information content (AvgIpc) is 2.38. The molecule has 1 aromatic carbocycles. The summed E-state index contributed by atoms with van der Waals surface area (Å²) in [7, 11) is 0. The van der Waals surface area contributed by atoms with Crippen LogP contribution in [0.5, 0.6) is 0 Å². The summed E-state index contributed by atoms with van der Waals surface area (Å²) in [6.45, 7) is 2.00. The van der Waals surface area contributed by atoms with E-state index >= 15 is 0 Å². The second-order valence-electron chi connectivity index (χ2n) is 3.64. The van der Waals surface area contributed by atoms with Crippen LogP contribution in [0.3, 0.4) is 0 Å². The van der Waals surface area contributed by atoms with E-state index in [-0.39, 0.29) is 0 Å². The van der Waals surface area contributed by atoms with Gasteiger partial charge in [-0.25, -0.2) is 15.8 Å². The highest BCUT2D eigenvalue weighted by atomic mass is 16.2. The SMILES string of the molecule is Cc1cccc(-c2ncc(C(=O)NN)cn2)c1. The Morgan fingerprint density at radius 3 is 2.59 bits per heavy atom. The quantitative estimate of drug-likeness (QED) is 0.457. The normalized spacial score (nSPS) is 10.0. The van der Waals surface area contributed by atoms with Gasteiger partial charge in [0.25, 0.3) is 5.91 Å². The molecule has 0 spiro atoms. The fraction of sp³-hybridized carbons (Fsp3) is 0.0833. The summed E-state index contributed by atoms with van der Waals surface area (Å²) in [5.74, 6) is 5.20. The van der Waals surface area contributed by atoms with Crippen LogP contribution in [0.25, 0.3) is 11.4 Å². The molecule has 0 radical (unpaired) electrons. The maximum absolute atomic E-state index is 11.2. The van der Waals surface area contributed by atoms with Gasteiger partial charge < -0.3 is 0 Å². The molecule has 0 atom stereocenters. The van der Waals surface area contributed by atoms with Crippen molar-refractivity contribution in [3.05, 3.63) is 47.8 Å². The third-order valence-corrected chi connectivity index (χ3v) is 2.32. The molecular weight excluding hydrogens is 216 g/mol. The van der Waals surface area contributed by atoms with Crippen LogP contribution in [0.1, 0.15) is 15.9 Å². The van der Waals surface area contributed by atoms with Crippen molar-refractivity contribution >= 4 is 5.91 Å². The molecule has 0 aliphatic heterocycles. The first kappa shape index (κ1) is 11.2. The van der Waals surface area contributed by atoms with Crippen LogP contribution in [0.4, 0.5) is 0 Å². The molecule has 0 saturated heterocycles. The molecule has 3 N–H and O–H groups in total. The van der Waals surface area contributed by atoms with Crippen LogP contribution in [-0.4, -0.2) is 15.9 Å². The van der Waals surface area contributed by atoms with Gasteiger partial charge in [-0.3, -0.25) is 10.2 Å². The van der Waals surface area contributed by atoms with E-state index in [1.165, 1.54) is 12.4 Å². The summed E-state index contributed by atoms with van der Waals surface area (Å²) >= 11 is 0. The summed E-state index contributed by atoms with van der Waals surface area (Å²) < 4.78 is 0. The molecule has 0 bridgehead atoms. The van der Waals surface area contributed by atoms with E-state index in [2.05, 4.69) is 9.97 Å². The standard InChI is InChI=1S/C12H12N4O/c1-8-3-2-4-9(5-8)11-14-6-10(7-15-11)12(17)16-13/h2-7H,13H2,1H3,(H,16,17). The van der Waals surface area contributed by atoms with E-state index < -0.39 is 5.91 Å². The predicted octanol–water partition coefficient (Wildman–Crippen LogP) is 1.06. The Morgan fingerprint density at radius 1 is 1.29 bits per heavy atom. The van der Waals surface area contributed by atoms with Gasteiger partial charge in [-0.2, -0.15) is 0 Å². The Balaban J connectivity index is 2.32. The highest BCUT2D eigenvalue weighted by Gasteiger charge is 2.06. The van der Waals surface area contributed by atoms with Gasteiger partial charge >= 0.3 is 0 Å². The highest BCUT2D eigenvalue weighted by Crippen LogP contribution is 2.15. The third kappa shape index (κ3) is 2.46. The Kier molecular flexibility index (Phi) is 3.11. The number of rotatable bonds is 2. The summed E-state index contributed by atoms with van der Waals surface area (Å²) in [6, 6.07) is 7.84. The minimum Gasteiger partial charge on any atom is -0.290 e. The van der Waals surface area contributed by atoms with E-state index in [1.807, 2.05) is 36.6 Å². The number of aromatic nitrogens is 2. The molecule has 17 heavy (non-hydrogen) atoms. The topological polar surface area (TPSA) is 80.9 Å². The lowest BCUT2D eigenvalue weighted by Crippen LogP contribution is -2.30. The number of benzene rings is 1. The van der Waals surface area contributed by atoms with Gasteiger partial charge in [0, 0.05) is 18.0 Å². The van der Waals surface area contributed by atoms with Crippen molar-refractivity contribution in [3.63, 3.8) is 0 Å². The van der Waals surface area contributed by atoms with Crippen LogP contribution >= 0.6 is 0 Å². The predicted molar refractivity (Wildman–Crippen MR) is 63.9 cm³/mol. The van der Waals surface area contributed by atoms with Gasteiger partial charge in [-0.15, -0.1) is 0 Å². The molecule has 0 unspecified atom stereocenters. The van der Waals surface area contributed by atoms with Crippen molar-refractivity contribution < 1.29 is 4.79 Å². The molecule has 0 aliphatic carbocycles. The number of hydrogen-bond donors (Lipinski definition) is 2. The second kappa shape index (κ2) is 4.71. The number of nitrogens with one attached hydrogen (secondary N) is 1. The van der Waals surface area contributed by atoms with Crippen molar-refractivity contribution in [2.24, 2.45) is 5.84 Å². The van der Waals surface area contributed by atoms with E-state index in [4.69, 9.17) is 5.84 Å². The molecule has 1 amide bonds. The lowest BCUT2D eigenvalue weighted by molar-refractivity contribution is 0.0953. The number of nitrogens with zero attached hydrogens (tertiary/aromatic N) is 2. The van der Waals surface area contributed by atoms with Crippen molar-refractivity contribution in [2.45, 2.75) is 6.92 Å². The van der Waals surface area contributed by atoms with E-state index in [0.29, 0.717) is 11.4 Å². The molecule has 0 saturated carbocycles. The maximum atomic E-state index is 11.2. The number of carbonyl (C=O) groups excluding carboxylic acids is 1. The van der Waals surface area contributed by atoms with Gasteiger partial charge in [0.2, 0.25) is 0 Å². The molecule has 86 valence electrons. The van der Waals surface area contributed by atoms with Crippen LogP contribution in [0.15, 0.2) is 36.7 Å². The molecule has 5 heteroatoms. The van der Waals surface area contributed by atoms with E-state index in [1.54, 1.807) is 0 Å². The first-order chi connectivity index (χ1) is 8.20. The number of hydrogen-bond acceptors (Lipinski definition) is 4. The minimum absolute atomic E-state index is 0.337. The highest BCUT2D eigenvalue weighted by molar-refractivity contribution is 5.93. The van der Waals surface area contributed by atoms with Crippen molar-refractivity contribution in [1.29, 1.82) is 0 Å². The summed E-state index contributed by atoms with van der Waals surface area (Å²) in [6.07, 6.45) is 2.90. The number of amides is 1. The summed E-state index contributed by atoms with van der Waals surface area (Å²) in [5, 5.41) is 0. The van der Waals surface area contributed by atoms with E-state index in [0.717, 1.165) is 11.1 Å². The van der Waals surface area contributed by atoms with Gasteiger partial charge in [0.1, 0.15) is 0 Å². The number of nitrogen functional groups attached to an aromatic ring is 1. The van der Waals surface area contributed by atoms with Gasteiger partial charge in [-0.1, -0.05) is 23.8 Å². The van der Waals surface area contributed by atoms with Crippen LogP contribution in [0.2, 0.25) is 0 Å². The van der Waals surface area contributed by atoms with Gasteiger partial charge in [-0.05, 0) is 13.0 Å². The zero-order chi connectivity index (χ0) is 12.3. The maximum Gasteiger partial charge on any atom is 0.268 e. The molecule has 5 nitrogen and oxygen atoms in total. The van der Waals surface area contributed by atoms with Crippen LogP contribution < -0.4 is 11.3 Å². The summed E-state index contributed by atoms with van der Waals surface area (Å²) in [4.78, 5) is 19.5. The molecule has 0 aliphatic rings. The molecule has 1 heterocycles.